The van der Waals surface area contributed by atoms with Crippen molar-refractivity contribution in [2.24, 2.45) is 5.92 Å². The maximum atomic E-state index is 12.7. The molecule has 0 radical (unpaired) electrons. The van der Waals surface area contributed by atoms with Crippen LogP contribution in [-0.2, 0) is 10.9 Å². The summed E-state index contributed by atoms with van der Waals surface area (Å²) in [5.41, 5.74) is -1.12. The zero-order valence-corrected chi connectivity index (χ0v) is 14.8. The molecule has 0 bridgehead atoms. The number of ether oxygens (including phenoxy) is 1. The van der Waals surface area contributed by atoms with E-state index in [-0.39, 0.29) is 6.09 Å². The average Bonchev–Trinajstić information content (AvgIpc) is 2.38. The third-order valence-corrected chi connectivity index (χ3v) is 4.59. The number of hydrogen-bond acceptors (Lipinski definition) is 3. The maximum absolute atomic E-state index is 12.7. The number of carbonyl (C=O) groups is 1. The van der Waals surface area contributed by atoms with Crippen LogP contribution in [0.15, 0.2) is 29.2 Å². The molecule has 1 aromatic carbocycles. The molecule has 0 atom stereocenters. The summed E-state index contributed by atoms with van der Waals surface area (Å²) < 4.78 is 43.3. The minimum atomic E-state index is -4.31. The van der Waals surface area contributed by atoms with Gasteiger partial charge in [-0.2, -0.15) is 13.2 Å². The molecule has 1 amide bonds. The Bertz CT molecular complexity index is 578. The van der Waals surface area contributed by atoms with E-state index in [0.717, 1.165) is 18.2 Å². The molecule has 1 aliphatic heterocycles. The van der Waals surface area contributed by atoms with Crippen LogP contribution >= 0.6 is 11.8 Å². The quantitative estimate of drug-likeness (QED) is 0.703. The fraction of sp³-hybridized carbons (Fsp3) is 0.588. The molecule has 1 aromatic rings. The molecule has 1 heterocycles. The summed E-state index contributed by atoms with van der Waals surface area (Å²) in [5, 5.41) is 0. The second kappa shape index (κ2) is 7.25. The predicted molar refractivity (Wildman–Crippen MR) is 88.1 cm³/mol. The normalized spacial score (nSPS) is 16.0. The van der Waals surface area contributed by atoms with E-state index in [0.29, 0.717) is 23.9 Å². The van der Waals surface area contributed by atoms with Crippen LogP contribution in [0.1, 0.15) is 32.8 Å². The molecule has 0 saturated carbocycles. The fourth-order valence-electron chi connectivity index (χ4n) is 2.33. The number of carbonyl (C=O) groups excluding carboxylic acids is 1. The Morgan fingerprint density at radius 3 is 2.54 bits per heavy atom. The second-order valence-corrected chi connectivity index (χ2v) is 8.08. The lowest BCUT2D eigenvalue weighted by atomic mass is 9.98. The smallest absolute Gasteiger partial charge is 0.416 e. The van der Waals surface area contributed by atoms with Crippen LogP contribution in [0.2, 0.25) is 0 Å². The van der Waals surface area contributed by atoms with Crippen LogP contribution in [-0.4, -0.2) is 35.4 Å². The number of halogens is 3. The fourth-order valence-corrected chi connectivity index (χ4v) is 3.41. The summed E-state index contributed by atoms with van der Waals surface area (Å²) in [6.45, 7) is 6.78. The Balaban J connectivity index is 1.71. The van der Waals surface area contributed by atoms with Gasteiger partial charge in [0, 0.05) is 18.0 Å². The standard InChI is InChI=1S/C17H22F3NO2S/c1-16(2,3)23-15(22)21-10-12(11-21)7-8-24-14-6-4-5-13(9-14)17(18,19)20/h4-6,9,12H,7-8,10-11H2,1-3H3. The van der Waals surface area contributed by atoms with Crippen molar-refractivity contribution in [1.82, 2.24) is 4.90 Å². The lowest BCUT2D eigenvalue weighted by Gasteiger charge is -2.39. The molecule has 0 aromatic heterocycles. The Kier molecular flexibility index (Phi) is 5.73. The van der Waals surface area contributed by atoms with Crippen molar-refractivity contribution in [3.8, 4) is 0 Å². The van der Waals surface area contributed by atoms with Gasteiger partial charge in [-0.25, -0.2) is 4.79 Å². The molecular weight excluding hydrogens is 339 g/mol. The monoisotopic (exact) mass is 361 g/mol. The number of nitrogens with zero attached hydrogens (tertiary/aromatic N) is 1. The van der Waals surface area contributed by atoms with Crippen molar-refractivity contribution >= 4 is 17.9 Å². The van der Waals surface area contributed by atoms with Gasteiger partial charge in [0.25, 0.3) is 0 Å². The lowest BCUT2D eigenvalue weighted by Crippen LogP contribution is -2.51. The van der Waals surface area contributed by atoms with Crippen LogP contribution < -0.4 is 0 Å². The first-order valence-electron chi connectivity index (χ1n) is 7.82. The third-order valence-electron chi connectivity index (χ3n) is 3.57. The minimum absolute atomic E-state index is 0.302. The zero-order chi connectivity index (χ0) is 18.0. The van der Waals surface area contributed by atoms with Gasteiger partial charge in [-0.1, -0.05) is 6.07 Å². The number of hydrogen-bond donors (Lipinski definition) is 0. The summed E-state index contributed by atoms with van der Waals surface area (Å²) in [6.07, 6.45) is -3.75. The highest BCUT2D eigenvalue weighted by Crippen LogP contribution is 2.32. The average molecular weight is 361 g/mol. The van der Waals surface area contributed by atoms with Gasteiger partial charge in [-0.15, -0.1) is 11.8 Å². The number of thioether (sulfide) groups is 1. The van der Waals surface area contributed by atoms with Gasteiger partial charge in [0.2, 0.25) is 0 Å². The number of alkyl halides is 3. The van der Waals surface area contributed by atoms with Gasteiger partial charge >= 0.3 is 12.3 Å². The molecule has 24 heavy (non-hydrogen) atoms. The van der Waals surface area contributed by atoms with E-state index >= 15 is 0 Å². The topological polar surface area (TPSA) is 29.5 Å². The Labute approximate surface area is 144 Å². The highest BCUT2D eigenvalue weighted by Gasteiger charge is 2.33. The molecule has 1 aliphatic rings. The van der Waals surface area contributed by atoms with Gasteiger partial charge in [-0.05, 0) is 57.1 Å². The summed E-state index contributed by atoms with van der Waals surface area (Å²) in [5.74, 6) is 1.12. The van der Waals surface area contributed by atoms with E-state index < -0.39 is 17.3 Å². The highest BCUT2D eigenvalue weighted by atomic mass is 32.2. The highest BCUT2D eigenvalue weighted by molar-refractivity contribution is 7.99. The van der Waals surface area contributed by atoms with E-state index in [1.165, 1.54) is 23.9 Å². The van der Waals surface area contributed by atoms with Crippen molar-refractivity contribution in [1.29, 1.82) is 0 Å². The Morgan fingerprint density at radius 2 is 1.96 bits per heavy atom. The van der Waals surface area contributed by atoms with E-state index in [9.17, 15) is 18.0 Å². The molecule has 0 unspecified atom stereocenters. The maximum Gasteiger partial charge on any atom is 0.416 e. The van der Waals surface area contributed by atoms with Gasteiger partial charge in [0.15, 0.2) is 0 Å². The van der Waals surface area contributed by atoms with E-state index in [2.05, 4.69) is 0 Å². The first-order chi connectivity index (χ1) is 11.0. The van der Waals surface area contributed by atoms with Crippen molar-refractivity contribution in [2.45, 2.75) is 43.9 Å². The third kappa shape index (κ3) is 5.61. The van der Waals surface area contributed by atoms with Crippen LogP contribution in [0.25, 0.3) is 0 Å². The molecule has 0 aliphatic carbocycles. The number of likely N-dealkylation sites (tertiary alicyclic amines) is 1. The molecule has 7 heteroatoms. The van der Waals surface area contributed by atoms with Gasteiger partial charge in [0.05, 0.1) is 5.56 Å². The Morgan fingerprint density at radius 1 is 1.29 bits per heavy atom. The zero-order valence-electron chi connectivity index (χ0n) is 14.0. The molecule has 0 N–H and O–H groups in total. The van der Waals surface area contributed by atoms with Crippen LogP contribution in [0.5, 0.6) is 0 Å². The van der Waals surface area contributed by atoms with Crippen molar-refractivity contribution in [3.05, 3.63) is 29.8 Å². The molecule has 2 rings (SSSR count). The summed E-state index contributed by atoms with van der Waals surface area (Å²) >= 11 is 1.41. The van der Waals surface area contributed by atoms with Crippen LogP contribution in [0, 0.1) is 5.92 Å². The molecule has 0 spiro atoms. The molecule has 3 nitrogen and oxygen atoms in total. The predicted octanol–water partition coefficient (Wildman–Crippen LogP) is 5.05. The summed E-state index contributed by atoms with van der Waals surface area (Å²) in [6, 6.07) is 5.37. The van der Waals surface area contributed by atoms with E-state index in [4.69, 9.17) is 4.74 Å². The first-order valence-corrected chi connectivity index (χ1v) is 8.81. The van der Waals surface area contributed by atoms with Crippen LogP contribution in [0.3, 0.4) is 0 Å². The van der Waals surface area contributed by atoms with Crippen molar-refractivity contribution in [2.75, 3.05) is 18.8 Å². The molecular formula is C17H22F3NO2S. The minimum Gasteiger partial charge on any atom is -0.444 e. The lowest BCUT2D eigenvalue weighted by molar-refractivity contribution is -0.137. The van der Waals surface area contributed by atoms with Crippen molar-refractivity contribution in [3.63, 3.8) is 0 Å². The second-order valence-electron chi connectivity index (χ2n) is 6.91. The van der Waals surface area contributed by atoms with Gasteiger partial charge in [-0.3, -0.25) is 0 Å². The summed E-state index contributed by atoms with van der Waals surface area (Å²) in [4.78, 5) is 14.1. The number of benzene rings is 1. The number of amides is 1. The molecule has 1 fully saturated rings. The van der Waals surface area contributed by atoms with Gasteiger partial charge in [0.1, 0.15) is 5.60 Å². The number of rotatable bonds is 4. The molecule has 134 valence electrons. The Hall–Kier alpha value is -1.37. The van der Waals surface area contributed by atoms with Gasteiger partial charge < -0.3 is 9.64 Å². The van der Waals surface area contributed by atoms with Crippen LogP contribution in [0.4, 0.5) is 18.0 Å². The van der Waals surface area contributed by atoms with E-state index in [1.807, 2.05) is 20.8 Å². The largest absolute Gasteiger partial charge is 0.444 e. The SMILES string of the molecule is CC(C)(C)OC(=O)N1CC(CCSc2cccc(C(F)(F)F)c2)C1. The van der Waals surface area contributed by atoms with Crippen molar-refractivity contribution < 1.29 is 22.7 Å². The van der Waals surface area contributed by atoms with E-state index in [1.54, 1.807) is 11.0 Å². The first kappa shape index (κ1) is 19.0. The summed E-state index contributed by atoms with van der Waals surface area (Å²) in [7, 11) is 0. The molecule has 1 saturated heterocycles.